The number of carbonyl (C=O) groups excluding carboxylic acids is 1. The quantitative estimate of drug-likeness (QED) is 0.787. The SMILES string of the molecule is COCC(=O)NC(c1ccccc1)c1nc2ccccc2n1C. The molecule has 3 rings (SSSR count). The molecule has 1 unspecified atom stereocenters. The van der Waals surface area contributed by atoms with Crippen LogP contribution in [0.5, 0.6) is 0 Å². The summed E-state index contributed by atoms with van der Waals surface area (Å²) in [5.41, 5.74) is 2.92. The number of aromatic nitrogens is 2. The third kappa shape index (κ3) is 3.10. The summed E-state index contributed by atoms with van der Waals surface area (Å²) in [6.45, 7) is 0.0211. The Kier molecular flexibility index (Phi) is 4.39. The summed E-state index contributed by atoms with van der Waals surface area (Å²) in [5.74, 6) is 0.621. The number of carbonyl (C=O) groups is 1. The Balaban J connectivity index is 2.06. The number of fused-ring (bicyclic) bond motifs is 1. The molecule has 1 N–H and O–H groups in total. The molecule has 3 aromatic rings. The Bertz CT molecular complexity index is 812. The van der Waals surface area contributed by atoms with E-state index >= 15 is 0 Å². The maximum atomic E-state index is 12.1. The lowest BCUT2D eigenvalue weighted by Crippen LogP contribution is -2.33. The molecule has 118 valence electrons. The molecule has 0 fully saturated rings. The number of imidazole rings is 1. The molecule has 0 saturated carbocycles. The zero-order valence-electron chi connectivity index (χ0n) is 13.2. The first-order valence-corrected chi connectivity index (χ1v) is 7.45. The van der Waals surface area contributed by atoms with Gasteiger partial charge in [-0.25, -0.2) is 4.98 Å². The number of hydrogen-bond donors (Lipinski definition) is 1. The molecule has 0 aliphatic heterocycles. The minimum Gasteiger partial charge on any atom is -0.375 e. The van der Waals surface area contributed by atoms with Gasteiger partial charge in [-0.15, -0.1) is 0 Å². The second kappa shape index (κ2) is 6.62. The number of benzene rings is 2. The first kappa shape index (κ1) is 15.2. The van der Waals surface area contributed by atoms with Crippen molar-refractivity contribution in [2.24, 2.45) is 7.05 Å². The molecule has 1 atom stereocenters. The van der Waals surface area contributed by atoms with E-state index in [-0.39, 0.29) is 18.6 Å². The molecule has 1 heterocycles. The van der Waals surface area contributed by atoms with Crippen molar-refractivity contribution in [1.82, 2.24) is 14.9 Å². The molecular weight excluding hydrogens is 290 g/mol. The van der Waals surface area contributed by atoms with Gasteiger partial charge in [0.05, 0.1) is 11.0 Å². The Morgan fingerprint density at radius 1 is 1.17 bits per heavy atom. The molecule has 2 aromatic carbocycles. The van der Waals surface area contributed by atoms with Crippen LogP contribution in [-0.4, -0.2) is 29.2 Å². The topological polar surface area (TPSA) is 56.1 Å². The van der Waals surface area contributed by atoms with Crippen LogP contribution in [0.25, 0.3) is 11.0 Å². The maximum absolute atomic E-state index is 12.1. The number of rotatable bonds is 5. The first-order chi connectivity index (χ1) is 11.2. The summed E-state index contributed by atoms with van der Waals surface area (Å²) < 4.78 is 6.94. The van der Waals surface area contributed by atoms with Gasteiger partial charge in [0.1, 0.15) is 18.5 Å². The molecular formula is C18H19N3O2. The minimum absolute atomic E-state index is 0.0211. The van der Waals surface area contributed by atoms with Crippen molar-refractivity contribution in [3.8, 4) is 0 Å². The van der Waals surface area contributed by atoms with Crippen LogP contribution in [0.1, 0.15) is 17.4 Å². The second-order valence-corrected chi connectivity index (χ2v) is 5.36. The monoisotopic (exact) mass is 309 g/mol. The first-order valence-electron chi connectivity index (χ1n) is 7.45. The van der Waals surface area contributed by atoms with E-state index in [9.17, 15) is 4.79 Å². The van der Waals surface area contributed by atoms with Crippen LogP contribution in [0, 0.1) is 0 Å². The van der Waals surface area contributed by atoms with E-state index in [1.807, 2.05) is 66.2 Å². The molecule has 5 nitrogen and oxygen atoms in total. The number of nitrogens with zero attached hydrogens (tertiary/aromatic N) is 2. The van der Waals surface area contributed by atoms with Gasteiger partial charge in [-0.05, 0) is 17.7 Å². The predicted octanol–water partition coefficient (Wildman–Crippen LogP) is 2.43. The highest BCUT2D eigenvalue weighted by Gasteiger charge is 2.22. The van der Waals surface area contributed by atoms with Crippen LogP contribution < -0.4 is 5.32 Å². The maximum Gasteiger partial charge on any atom is 0.246 e. The minimum atomic E-state index is -0.323. The van der Waals surface area contributed by atoms with E-state index in [0.717, 1.165) is 22.4 Å². The lowest BCUT2D eigenvalue weighted by atomic mass is 10.1. The Morgan fingerprint density at radius 2 is 1.87 bits per heavy atom. The fraction of sp³-hybridized carbons (Fsp3) is 0.222. The molecule has 0 radical (unpaired) electrons. The van der Waals surface area contributed by atoms with Gasteiger partial charge in [0.15, 0.2) is 0 Å². The van der Waals surface area contributed by atoms with Gasteiger partial charge in [0, 0.05) is 14.2 Å². The number of aryl methyl sites for hydroxylation is 1. The largest absolute Gasteiger partial charge is 0.375 e. The number of amides is 1. The van der Waals surface area contributed by atoms with Crippen molar-refractivity contribution in [3.05, 3.63) is 66.0 Å². The van der Waals surface area contributed by atoms with E-state index < -0.39 is 0 Å². The van der Waals surface area contributed by atoms with E-state index in [1.54, 1.807) is 0 Å². The van der Waals surface area contributed by atoms with Gasteiger partial charge < -0.3 is 14.6 Å². The summed E-state index contributed by atoms with van der Waals surface area (Å²) in [4.78, 5) is 16.8. The van der Waals surface area contributed by atoms with Crippen LogP contribution in [0.15, 0.2) is 54.6 Å². The highest BCUT2D eigenvalue weighted by atomic mass is 16.5. The number of hydrogen-bond acceptors (Lipinski definition) is 3. The average molecular weight is 309 g/mol. The Morgan fingerprint density at radius 3 is 2.57 bits per heavy atom. The lowest BCUT2D eigenvalue weighted by Gasteiger charge is -2.19. The average Bonchev–Trinajstić information content (AvgIpc) is 2.91. The number of para-hydroxylation sites is 2. The molecule has 23 heavy (non-hydrogen) atoms. The van der Waals surface area contributed by atoms with Crippen molar-refractivity contribution in [2.45, 2.75) is 6.04 Å². The van der Waals surface area contributed by atoms with E-state index in [1.165, 1.54) is 7.11 Å². The van der Waals surface area contributed by atoms with E-state index in [2.05, 4.69) is 5.32 Å². The number of nitrogens with one attached hydrogen (secondary N) is 1. The summed E-state index contributed by atoms with van der Waals surface area (Å²) in [5, 5.41) is 3.01. The summed E-state index contributed by atoms with van der Waals surface area (Å²) in [6.07, 6.45) is 0. The molecule has 1 aromatic heterocycles. The van der Waals surface area contributed by atoms with Gasteiger partial charge in [0.25, 0.3) is 0 Å². The van der Waals surface area contributed by atoms with Crippen LogP contribution in [-0.2, 0) is 16.6 Å². The van der Waals surface area contributed by atoms with Crippen LogP contribution in [0.3, 0.4) is 0 Å². The Hall–Kier alpha value is -2.66. The fourth-order valence-corrected chi connectivity index (χ4v) is 2.70. The van der Waals surface area contributed by atoms with E-state index in [4.69, 9.17) is 9.72 Å². The zero-order chi connectivity index (χ0) is 16.2. The molecule has 0 aliphatic carbocycles. The van der Waals surface area contributed by atoms with E-state index in [0.29, 0.717) is 0 Å². The number of ether oxygens (including phenoxy) is 1. The second-order valence-electron chi connectivity index (χ2n) is 5.36. The van der Waals surface area contributed by atoms with Crippen LogP contribution in [0.2, 0.25) is 0 Å². The van der Waals surface area contributed by atoms with Crippen LogP contribution >= 0.6 is 0 Å². The highest BCUT2D eigenvalue weighted by molar-refractivity contribution is 5.79. The zero-order valence-corrected chi connectivity index (χ0v) is 13.2. The summed E-state index contributed by atoms with van der Waals surface area (Å²) in [7, 11) is 3.47. The Labute approximate surface area is 134 Å². The smallest absolute Gasteiger partial charge is 0.246 e. The molecule has 5 heteroatoms. The summed E-state index contributed by atoms with van der Waals surface area (Å²) in [6, 6.07) is 17.4. The fourth-order valence-electron chi connectivity index (χ4n) is 2.70. The molecule has 0 aliphatic rings. The van der Waals surface area contributed by atoms with Gasteiger partial charge in [-0.3, -0.25) is 4.79 Å². The van der Waals surface area contributed by atoms with Crippen molar-refractivity contribution < 1.29 is 9.53 Å². The highest BCUT2D eigenvalue weighted by Crippen LogP contribution is 2.24. The van der Waals surface area contributed by atoms with Gasteiger partial charge >= 0.3 is 0 Å². The van der Waals surface area contributed by atoms with Crippen molar-refractivity contribution >= 4 is 16.9 Å². The van der Waals surface area contributed by atoms with Crippen LogP contribution in [0.4, 0.5) is 0 Å². The van der Waals surface area contributed by atoms with Gasteiger partial charge in [-0.1, -0.05) is 42.5 Å². The van der Waals surface area contributed by atoms with Gasteiger partial charge in [0.2, 0.25) is 5.91 Å². The predicted molar refractivity (Wildman–Crippen MR) is 89.0 cm³/mol. The molecule has 1 amide bonds. The molecule has 0 spiro atoms. The standard InChI is InChI=1S/C18H19N3O2/c1-21-15-11-7-6-10-14(15)19-18(21)17(20-16(22)12-23-2)13-8-4-3-5-9-13/h3-11,17H,12H2,1-2H3,(H,20,22). The normalized spacial score (nSPS) is 12.3. The van der Waals surface area contributed by atoms with Crippen molar-refractivity contribution in [3.63, 3.8) is 0 Å². The third-order valence-corrected chi connectivity index (χ3v) is 3.79. The molecule has 0 bridgehead atoms. The molecule has 0 saturated heterocycles. The summed E-state index contributed by atoms with van der Waals surface area (Å²) >= 11 is 0. The number of methoxy groups -OCH3 is 1. The van der Waals surface area contributed by atoms with Gasteiger partial charge in [-0.2, -0.15) is 0 Å². The third-order valence-electron chi connectivity index (χ3n) is 3.79. The van der Waals surface area contributed by atoms with Crippen molar-refractivity contribution in [1.29, 1.82) is 0 Å². The van der Waals surface area contributed by atoms with Crippen molar-refractivity contribution in [2.75, 3.05) is 13.7 Å². The lowest BCUT2D eigenvalue weighted by molar-refractivity contribution is -0.125.